The molecular weight excluding hydrogens is 463 g/mol. The zero-order valence-corrected chi connectivity index (χ0v) is 16.3. The van der Waals surface area contributed by atoms with Crippen molar-refractivity contribution in [2.45, 2.75) is 0 Å². The van der Waals surface area contributed by atoms with E-state index in [1.807, 2.05) is 36.4 Å². The lowest BCUT2D eigenvalue weighted by molar-refractivity contribution is 0.102. The van der Waals surface area contributed by atoms with E-state index in [9.17, 15) is 4.79 Å². The molecule has 0 unspecified atom stereocenters. The Bertz CT molecular complexity index is 1110. The Morgan fingerprint density at radius 3 is 2.58 bits per heavy atom. The second-order valence-electron chi connectivity index (χ2n) is 5.64. The maximum Gasteiger partial charge on any atom is 0.255 e. The minimum Gasteiger partial charge on any atom is -0.436 e. The molecule has 0 bridgehead atoms. The molecule has 0 radical (unpaired) electrons. The molecule has 1 aromatic heterocycles. The van der Waals surface area contributed by atoms with Crippen LogP contribution in [0.15, 0.2) is 71.1 Å². The molecule has 0 fully saturated rings. The number of fused-ring (bicyclic) bond motifs is 1. The minimum absolute atomic E-state index is 0.174. The van der Waals surface area contributed by atoms with Crippen molar-refractivity contribution in [3.8, 4) is 11.5 Å². The van der Waals surface area contributed by atoms with E-state index in [1.165, 1.54) is 0 Å². The highest BCUT2D eigenvalue weighted by atomic mass is 127. The molecule has 1 heterocycles. The van der Waals surface area contributed by atoms with E-state index >= 15 is 0 Å². The summed E-state index contributed by atoms with van der Waals surface area (Å²) in [4.78, 5) is 16.8. The number of hydrogen-bond acceptors (Lipinski definition) is 3. The summed E-state index contributed by atoms with van der Waals surface area (Å²) < 4.78 is 6.91. The molecule has 6 heteroatoms. The standard InChI is InChI=1S/C20H12ClIN2O2/c21-16-4-2-1-3-15(16)20-24-17-10-9-14(11-18(17)26-20)23-19(25)12-5-7-13(22)8-6-12/h1-11H,(H,23,25). The molecular formula is C20H12ClIN2O2. The minimum atomic E-state index is -0.174. The monoisotopic (exact) mass is 474 g/mol. The fourth-order valence-corrected chi connectivity index (χ4v) is 3.13. The topological polar surface area (TPSA) is 55.1 Å². The summed E-state index contributed by atoms with van der Waals surface area (Å²) in [6, 6.07) is 20.1. The maximum atomic E-state index is 12.4. The smallest absolute Gasteiger partial charge is 0.255 e. The number of oxazole rings is 1. The van der Waals surface area contributed by atoms with Gasteiger partial charge in [-0.05, 0) is 71.1 Å². The van der Waals surface area contributed by atoms with Crippen molar-refractivity contribution in [1.82, 2.24) is 4.98 Å². The highest BCUT2D eigenvalue weighted by Crippen LogP contribution is 2.30. The van der Waals surface area contributed by atoms with Gasteiger partial charge in [0, 0.05) is 20.9 Å². The molecule has 0 saturated carbocycles. The van der Waals surface area contributed by atoms with Gasteiger partial charge in [0.2, 0.25) is 5.89 Å². The summed E-state index contributed by atoms with van der Waals surface area (Å²) in [5, 5.41) is 3.45. The third-order valence-electron chi connectivity index (χ3n) is 3.86. The van der Waals surface area contributed by atoms with E-state index < -0.39 is 0 Å². The van der Waals surface area contributed by atoms with Crippen LogP contribution in [0, 0.1) is 3.57 Å². The van der Waals surface area contributed by atoms with E-state index in [4.69, 9.17) is 16.0 Å². The van der Waals surface area contributed by atoms with Gasteiger partial charge in [-0.25, -0.2) is 4.98 Å². The largest absolute Gasteiger partial charge is 0.436 e. The quantitative estimate of drug-likeness (QED) is 0.370. The van der Waals surface area contributed by atoms with E-state index in [1.54, 1.807) is 30.3 Å². The summed E-state index contributed by atoms with van der Waals surface area (Å²) >= 11 is 8.41. The normalized spacial score (nSPS) is 10.8. The highest BCUT2D eigenvalue weighted by Gasteiger charge is 2.12. The Morgan fingerprint density at radius 2 is 1.81 bits per heavy atom. The molecule has 3 aromatic carbocycles. The Morgan fingerprint density at radius 1 is 1.04 bits per heavy atom. The van der Waals surface area contributed by atoms with Gasteiger partial charge in [-0.1, -0.05) is 23.7 Å². The van der Waals surface area contributed by atoms with E-state index in [-0.39, 0.29) is 5.91 Å². The molecule has 0 aliphatic heterocycles. The van der Waals surface area contributed by atoms with E-state index in [2.05, 4.69) is 32.9 Å². The van der Waals surface area contributed by atoms with Crippen LogP contribution >= 0.6 is 34.2 Å². The van der Waals surface area contributed by atoms with Crippen molar-refractivity contribution in [3.63, 3.8) is 0 Å². The lowest BCUT2D eigenvalue weighted by atomic mass is 10.2. The zero-order valence-electron chi connectivity index (χ0n) is 13.4. The first-order valence-corrected chi connectivity index (χ1v) is 9.28. The van der Waals surface area contributed by atoms with Crippen molar-refractivity contribution >= 4 is 56.9 Å². The van der Waals surface area contributed by atoms with Crippen LogP contribution in [-0.2, 0) is 0 Å². The van der Waals surface area contributed by atoms with Crippen LogP contribution in [-0.4, -0.2) is 10.9 Å². The van der Waals surface area contributed by atoms with Crippen molar-refractivity contribution in [3.05, 3.63) is 80.9 Å². The van der Waals surface area contributed by atoms with Gasteiger partial charge in [-0.3, -0.25) is 4.79 Å². The molecule has 26 heavy (non-hydrogen) atoms. The van der Waals surface area contributed by atoms with Crippen molar-refractivity contribution in [1.29, 1.82) is 0 Å². The van der Waals surface area contributed by atoms with Gasteiger partial charge >= 0.3 is 0 Å². The highest BCUT2D eigenvalue weighted by molar-refractivity contribution is 14.1. The summed E-state index contributed by atoms with van der Waals surface area (Å²) in [5.74, 6) is 0.276. The number of nitrogens with zero attached hydrogens (tertiary/aromatic N) is 1. The number of anilines is 1. The second-order valence-corrected chi connectivity index (χ2v) is 7.30. The molecule has 0 atom stereocenters. The van der Waals surface area contributed by atoms with Gasteiger partial charge in [-0.2, -0.15) is 0 Å². The Hall–Kier alpha value is -2.38. The van der Waals surface area contributed by atoms with Gasteiger partial charge in [0.25, 0.3) is 5.91 Å². The molecule has 4 aromatic rings. The molecule has 1 amide bonds. The summed E-state index contributed by atoms with van der Waals surface area (Å²) in [6.07, 6.45) is 0. The van der Waals surface area contributed by atoms with Crippen molar-refractivity contribution < 1.29 is 9.21 Å². The first-order chi connectivity index (χ1) is 12.6. The van der Waals surface area contributed by atoms with Crippen LogP contribution in [0.1, 0.15) is 10.4 Å². The van der Waals surface area contributed by atoms with Crippen molar-refractivity contribution in [2.24, 2.45) is 0 Å². The average molecular weight is 475 g/mol. The Balaban J connectivity index is 1.62. The first-order valence-electron chi connectivity index (χ1n) is 7.82. The number of carbonyl (C=O) groups excluding carboxylic acids is 1. The van der Waals surface area contributed by atoms with Gasteiger partial charge in [-0.15, -0.1) is 0 Å². The predicted molar refractivity (Wildman–Crippen MR) is 112 cm³/mol. The molecule has 4 nitrogen and oxygen atoms in total. The fourth-order valence-electron chi connectivity index (χ4n) is 2.56. The number of hydrogen-bond donors (Lipinski definition) is 1. The van der Waals surface area contributed by atoms with Gasteiger partial charge in [0.05, 0.1) is 10.6 Å². The van der Waals surface area contributed by atoms with E-state index in [0.29, 0.717) is 33.3 Å². The first kappa shape index (κ1) is 17.1. The third-order valence-corrected chi connectivity index (χ3v) is 4.91. The van der Waals surface area contributed by atoms with Gasteiger partial charge in [0.1, 0.15) is 5.52 Å². The number of aromatic nitrogens is 1. The number of halogens is 2. The molecule has 0 aliphatic carbocycles. The number of nitrogens with one attached hydrogen (secondary N) is 1. The van der Waals surface area contributed by atoms with Crippen molar-refractivity contribution in [2.75, 3.05) is 5.32 Å². The lowest BCUT2D eigenvalue weighted by Gasteiger charge is -2.05. The van der Waals surface area contributed by atoms with Crippen LogP contribution in [0.4, 0.5) is 5.69 Å². The van der Waals surface area contributed by atoms with Crippen LogP contribution in [0.3, 0.4) is 0 Å². The molecule has 128 valence electrons. The molecule has 1 N–H and O–H groups in total. The fraction of sp³-hybridized carbons (Fsp3) is 0. The lowest BCUT2D eigenvalue weighted by Crippen LogP contribution is -2.11. The van der Waals surface area contributed by atoms with E-state index in [0.717, 1.165) is 9.13 Å². The molecule has 0 aliphatic rings. The Kier molecular flexibility index (Phi) is 4.65. The molecule has 0 saturated heterocycles. The van der Waals surface area contributed by atoms with Gasteiger partial charge in [0.15, 0.2) is 5.58 Å². The summed E-state index contributed by atoms with van der Waals surface area (Å²) in [5.41, 5.74) is 3.25. The van der Waals surface area contributed by atoms with Crippen LogP contribution in [0.2, 0.25) is 5.02 Å². The number of amides is 1. The van der Waals surface area contributed by atoms with Crippen LogP contribution < -0.4 is 5.32 Å². The second kappa shape index (κ2) is 7.09. The molecule has 4 rings (SSSR count). The number of benzene rings is 3. The van der Waals surface area contributed by atoms with Crippen LogP contribution in [0.25, 0.3) is 22.6 Å². The maximum absolute atomic E-state index is 12.4. The zero-order chi connectivity index (χ0) is 18.1. The molecule has 0 spiro atoms. The predicted octanol–water partition coefficient (Wildman–Crippen LogP) is 6.01. The SMILES string of the molecule is O=C(Nc1ccc2nc(-c3ccccc3Cl)oc2c1)c1ccc(I)cc1. The summed E-state index contributed by atoms with van der Waals surface area (Å²) in [6.45, 7) is 0. The number of rotatable bonds is 3. The van der Waals surface area contributed by atoms with Gasteiger partial charge < -0.3 is 9.73 Å². The van der Waals surface area contributed by atoms with Crippen LogP contribution in [0.5, 0.6) is 0 Å². The average Bonchev–Trinajstić information content (AvgIpc) is 3.05. The number of carbonyl (C=O) groups is 1. The Labute approximate surface area is 168 Å². The summed E-state index contributed by atoms with van der Waals surface area (Å²) in [7, 11) is 0. The third kappa shape index (κ3) is 3.45.